The molecular formula is C15H20N2O2. The molecule has 1 aromatic carbocycles. The maximum absolute atomic E-state index is 11.8. The van der Waals surface area contributed by atoms with Gasteiger partial charge in [-0.05, 0) is 43.9 Å². The number of aryl methyl sites for hydroxylation is 1. The Morgan fingerprint density at radius 1 is 1.32 bits per heavy atom. The zero-order chi connectivity index (χ0) is 13.2. The van der Waals surface area contributed by atoms with Crippen LogP contribution in [0.15, 0.2) is 18.2 Å². The molecule has 4 nitrogen and oxygen atoms in total. The van der Waals surface area contributed by atoms with Gasteiger partial charge in [-0.25, -0.2) is 0 Å². The van der Waals surface area contributed by atoms with Gasteiger partial charge in [-0.2, -0.15) is 0 Å². The van der Waals surface area contributed by atoms with E-state index in [1.54, 1.807) is 0 Å². The van der Waals surface area contributed by atoms with E-state index < -0.39 is 0 Å². The summed E-state index contributed by atoms with van der Waals surface area (Å²) >= 11 is 0. The molecule has 0 radical (unpaired) electrons. The molecule has 1 aliphatic heterocycles. The number of nitrogens with one attached hydrogen (secondary N) is 2. The maximum Gasteiger partial charge on any atom is 0.227 e. The average Bonchev–Trinajstić information content (AvgIpc) is 3.13. The zero-order valence-electron chi connectivity index (χ0n) is 11.2. The first-order valence-electron chi connectivity index (χ1n) is 6.98. The standard InChI is InChI=1S/C15H20N2O2/c1-10-2-5-12(17-15(18)11-3-4-11)8-14(10)16-13-6-7-19-9-13/h2,5,8,11,13,16H,3-4,6-7,9H2,1H3,(H,17,18). The van der Waals surface area contributed by atoms with Crippen molar-refractivity contribution in [1.82, 2.24) is 0 Å². The van der Waals surface area contributed by atoms with Gasteiger partial charge in [-0.15, -0.1) is 0 Å². The summed E-state index contributed by atoms with van der Waals surface area (Å²) in [5, 5.41) is 6.48. The predicted molar refractivity (Wildman–Crippen MR) is 75.4 cm³/mol. The smallest absolute Gasteiger partial charge is 0.227 e. The van der Waals surface area contributed by atoms with Crippen LogP contribution in [0.3, 0.4) is 0 Å². The molecule has 102 valence electrons. The molecule has 2 N–H and O–H groups in total. The van der Waals surface area contributed by atoms with Gasteiger partial charge in [0.15, 0.2) is 0 Å². The number of anilines is 2. The Morgan fingerprint density at radius 3 is 2.84 bits per heavy atom. The van der Waals surface area contributed by atoms with E-state index in [4.69, 9.17) is 4.74 Å². The van der Waals surface area contributed by atoms with Crippen LogP contribution in [-0.2, 0) is 9.53 Å². The van der Waals surface area contributed by atoms with Crippen LogP contribution in [0.2, 0.25) is 0 Å². The van der Waals surface area contributed by atoms with Gasteiger partial charge in [0.05, 0.1) is 12.6 Å². The van der Waals surface area contributed by atoms with Crippen molar-refractivity contribution in [2.24, 2.45) is 5.92 Å². The van der Waals surface area contributed by atoms with Crippen molar-refractivity contribution < 1.29 is 9.53 Å². The molecule has 0 aromatic heterocycles. The summed E-state index contributed by atoms with van der Waals surface area (Å²) in [4.78, 5) is 11.8. The zero-order valence-corrected chi connectivity index (χ0v) is 11.2. The molecule has 19 heavy (non-hydrogen) atoms. The van der Waals surface area contributed by atoms with Crippen LogP contribution in [0, 0.1) is 12.8 Å². The lowest BCUT2D eigenvalue weighted by molar-refractivity contribution is -0.117. The Hall–Kier alpha value is -1.55. The molecule has 1 atom stereocenters. The van der Waals surface area contributed by atoms with E-state index in [2.05, 4.69) is 17.6 Å². The molecule has 3 rings (SSSR count). The highest BCUT2D eigenvalue weighted by Crippen LogP contribution is 2.31. The van der Waals surface area contributed by atoms with Crippen LogP contribution in [-0.4, -0.2) is 25.2 Å². The third-order valence-corrected chi connectivity index (χ3v) is 3.74. The van der Waals surface area contributed by atoms with Crippen molar-refractivity contribution in [1.29, 1.82) is 0 Å². The van der Waals surface area contributed by atoms with Crippen LogP contribution >= 0.6 is 0 Å². The first-order chi connectivity index (χ1) is 9.22. The maximum atomic E-state index is 11.8. The Kier molecular flexibility index (Phi) is 3.42. The summed E-state index contributed by atoms with van der Waals surface area (Å²) in [6, 6.07) is 6.41. The number of carbonyl (C=O) groups excluding carboxylic acids is 1. The number of amides is 1. The van der Waals surface area contributed by atoms with E-state index >= 15 is 0 Å². The fraction of sp³-hybridized carbons (Fsp3) is 0.533. The Bertz CT molecular complexity index is 477. The highest BCUT2D eigenvalue weighted by atomic mass is 16.5. The van der Waals surface area contributed by atoms with E-state index in [1.165, 1.54) is 5.56 Å². The molecule has 1 heterocycles. The predicted octanol–water partition coefficient (Wildman–Crippen LogP) is 2.54. The summed E-state index contributed by atoms with van der Waals surface area (Å²) in [6.45, 7) is 3.66. The number of ether oxygens (including phenoxy) is 1. The van der Waals surface area contributed by atoms with Gasteiger partial charge in [-0.3, -0.25) is 4.79 Å². The molecule has 1 amide bonds. The van der Waals surface area contributed by atoms with Crippen LogP contribution in [0.5, 0.6) is 0 Å². The van der Waals surface area contributed by atoms with E-state index in [-0.39, 0.29) is 11.8 Å². The van der Waals surface area contributed by atoms with Crippen molar-refractivity contribution in [3.63, 3.8) is 0 Å². The average molecular weight is 260 g/mol. The van der Waals surface area contributed by atoms with E-state index in [9.17, 15) is 4.79 Å². The van der Waals surface area contributed by atoms with Crippen molar-refractivity contribution in [3.05, 3.63) is 23.8 Å². The van der Waals surface area contributed by atoms with Gasteiger partial charge in [-0.1, -0.05) is 6.07 Å². The number of benzene rings is 1. The number of hydrogen-bond donors (Lipinski definition) is 2. The summed E-state index contributed by atoms with van der Waals surface area (Å²) < 4.78 is 5.37. The molecule has 1 aromatic rings. The van der Waals surface area contributed by atoms with Gasteiger partial charge in [0, 0.05) is 23.9 Å². The summed E-state index contributed by atoms with van der Waals surface area (Å²) in [5.74, 6) is 0.389. The molecular weight excluding hydrogens is 240 g/mol. The molecule has 0 spiro atoms. The van der Waals surface area contributed by atoms with Crippen molar-refractivity contribution in [2.45, 2.75) is 32.2 Å². The second-order valence-corrected chi connectivity index (χ2v) is 5.50. The fourth-order valence-corrected chi connectivity index (χ4v) is 2.31. The second kappa shape index (κ2) is 5.21. The summed E-state index contributed by atoms with van der Waals surface area (Å²) in [5.41, 5.74) is 3.16. The normalized spacial score (nSPS) is 22.3. The van der Waals surface area contributed by atoms with E-state index in [0.29, 0.717) is 6.04 Å². The lowest BCUT2D eigenvalue weighted by Crippen LogP contribution is -2.20. The minimum Gasteiger partial charge on any atom is -0.380 e. The fourth-order valence-electron chi connectivity index (χ4n) is 2.31. The van der Waals surface area contributed by atoms with Crippen LogP contribution < -0.4 is 10.6 Å². The van der Waals surface area contributed by atoms with Crippen molar-refractivity contribution in [2.75, 3.05) is 23.8 Å². The highest BCUT2D eigenvalue weighted by Gasteiger charge is 2.29. The van der Waals surface area contributed by atoms with Gasteiger partial charge in [0.1, 0.15) is 0 Å². The summed E-state index contributed by atoms with van der Waals surface area (Å²) in [7, 11) is 0. The highest BCUT2D eigenvalue weighted by molar-refractivity contribution is 5.94. The molecule has 2 aliphatic rings. The Balaban J connectivity index is 1.69. The molecule has 1 unspecified atom stereocenters. The minimum absolute atomic E-state index is 0.152. The number of hydrogen-bond acceptors (Lipinski definition) is 3. The van der Waals surface area contributed by atoms with Gasteiger partial charge >= 0.3 is 0 Å². The largest absolute Gasteiger partial charge is 0.380 e. The number of rotatable bonds is 4. The van der Waals surface area contributed by atoms with Crippen molar-refractivity contribution >= 4 is 17.3 Å². The van der Waals surface area contributed by atoms with E-state index in [1.807, 2.05) is 18.2 Å². The Morgan fingerprint density at radius 2 is 2.16 bits per heavy atom. The molecule has 1 saturated carbocycles. The molecule has 1 saturated heterocycles. The first-order valence-corrected chi connectivity index (χ1v) is 6.98. The third kappa shape index (κ3) is 3.07. The lowest BCUT2D eigenvalue weighted by atomic mass is 10.1. The minimum atomic E-state index is 0.152. The molecule has 4 heteroatoms. The van der Waals surface area contributed by atoms with Crippen LogP contribution in [0.1, 0.15) is 24.8 Å². The first kappa shape index (κ1) is 12.5. The monoisotopic (exact) mass is 260 g/mol. The van der Waals surface area contributed by atoms with Crippen molar-refractivity contribution in [3.8, 4) is 0 Å². The summed E-state index contributed by atoms with van der Waals surface area (Å²) in [6.07, 6.45) is 3.10. The molecule has 0 bridgehead atoms. The topological polar surface area (TPSA) is 50.4 Å². The van der Waals surface area contributed by atoms with E-state index in [0.717, 1.165) is 43.9 Å². The Labute approximate surface area is 113 Å². The SMILES string of the molecule is Cc1ccc(NC(=O)C2CC2)cc1NC1CCOC1. The van der Waals surface area contributed by atoms with Gasteiger partial charge in [0.25, 0.3) is 0 Å². The molecule has 2 fully saturated rings. The van der Waals surface area contributed by atoms with Gasteiger partial charge < -0.3 is 15.4 Å². The second-order valence-electron chi connectivity index (χ2n) is 5.50. The third-order valence-electron chi connectivity index (χ3n) is 3.74. The molecule has 1 aliphatic carbocycles. The number of carbonyl (C=O) groups is 1. The van der Waals surface area contributed by atoms with Crippen LogP contribution in [0.25, 0.3) is 0 Å². The quantitative estimate of drug-likeness (QED) is 0.874. The lowest BCUT2D eigenvalue weighted by Gasteiger charge is -2.16. The van der Waals surface area contributed by atoms with Gasteiger partial charge in [0.2, 0.25) is 5.91 Å². The van der Waals surface area contributed by atoms with Crippen LogP contribution in [0.4, 0.5) is 11.4 Å².